The average Bonchev–Trinajstić information content (AvgIpc) is 1.17. The number of nitrogens with one attached hydrogen (secondary N) is 4. The average molecular weight is 1280 g/mol. The van der Waals surface area contributed by atoms with Gasteiger partial charge in [-0.1, -0.05) is 92.5 Å². The van der Waals surface area contributed by atoms with Crippen LogP contribution in [0.15, 0.2) is 178 Å². The lowest BCUT2D eigenvalue weighted by Gasteiger charge is -2.28. The molecule has 10 N–H and O–H groups in total. The van der Waals surface area contributed by atoms with Gasteiger partial charge in [0.25, 0.3) is 17.7 Å². The summed E-state index contributed by atoms with van der Waals surface area (Å²) in [7, 11) is 4.04. The molecule has 0 aliphatic carbocycles. The van der Waals surface area contributed by atoms with Crippen LogP contribution in [0, 0.1) is 17.8 Å². The van der Waals surface area contributed by atoms with Crippen LogP contribution in [-0.4, -0.2) is 121 Å². The normalized spacial score (nSPS) is 13.6. The maximum atomic E-state index is 12.8. The fraction of sp³-hybridized carbons (Fsp3) is 0.268. The van der Waals surface area contributed by atoms with Crippen molar-refractivity contribution >= 4 is 81.0 Å². The molecule has 0 radical (unpaired) electrons. The predicted octanol–water partition coefficient (Wildman–Crippen LogP) is 8.17. The third-order valence-corrected chi connectivity index (χ3v) is 16.4. The van der Waals surface area contributed by atoms with E-state index in [9.17, 15) is 28.8 Å². The number of hydrogen-bond donors (Lipinski definition) is 7. The van der Waals surface area contributed by atoms with Gasteiger partial charge < -0.3 is 57.6 Å². The fourth-order valence-electron chi connectivity index (χ4n) is 10.4. The van der Waals surface area contributed by atoms with Gasteiger partial charge in [0.2, 0.25) is 0 Å². The number of methoxy groups -OCH3 is 3. The minimum absolute atomic E-state index is 0.258. The van der Waals surface area contributed by atoms with Crippen molar-refractivity contribution in [3.8, 4) is 10.6 Å². The van der Waals surface area contributed by atoms with E-state index in [2.05, 4.69) is 65.2 Å². The number of ether oxygens (including phenoxy) is 3. The number of anilines is 1. The molecule has 1 fully saturated rings. The van der Waals surface area contributed by atoms with Crippen LogP contribution in [-0.2, 0) is 47.9 Å². The Bertz CT molecular complexity index is 3910. The molecule has 9 rings (SSSR count). The first-order valence-corrected chi connectivity index (χ1v) is 30.8. The Labute approximate surface area is 546 Å². The van der Waals surface area contributed by atoms with Gasteiger partial charge in [0.15, 0.2) is 0 Å². The molecule has 93 heavy (non-hydrogen) atoms. The van der Waals surface area contributed by atoms with Gasteiger partial charge in [-0.25, -0.2) is 9.97 Å². The number of benzene rings is 5. The lowest BCUT2D eigenvalue weighted by atomic mass is 9.91. The van der Waals surface area contributed by atoms with Gasteiger partial charge in [0, 0.05) is 95.9 Å². The lowest BCUT2D eigenvalue weighted by molar-refractivity contribution is -0.147. The Morgan fingerprint density at radius 2 is 0.968 bits per heavy atom. The Morgan fingerprint density at radius 3 is 1.39 bits per heavy atom. The van der Waals surface area contributed by atoms with Crippen LogP contribution in [0.3, 0.4) is 0 Å². The summed E-state index contributed by atoms with van der Waals surface area (Å²) in [6.45, 7) is 20.2. The fourth-order valence-corrected chi connectivity index (χ4v) is 10.9. The summed E-state index contributed by atoms with van der Waals surface area (Å²) in [5, 5.41) is 13.7. The van der Waals surface area contributed by atoms with Crippen LogP contribution < -0.4 is 43.4 Å². The number of hydrogen-bond acceptors (Lipinski definition) is 19. The number of pyridine rings is 2. The molecule has 484 valence electrons. The van der Waals surface area contributed by atoms with Gasteiger partial charge >= 0.3 is 17.9 Å². The van der Waals surface area contributed by atoms with Crippen molar-refractivity contribution in [3.05, 3.63) is 228 Å². The van der Waals surface area contributed by atoms with Crippen molar-refractivity contribution < 1.29 is 43.0 Å². The van der Waals surface area contributed by atoms with E-state index < -0.39 is 41.8 Å². The van der Waals surface area contributed by atoms with Crippen molar-refractivity contribution in [1.82, 2.24) is 40.6 Å². The first-order valence-electron chi connectivity index (χ1n) is 30.1. The number of fused-ring (bicyclic) bond motifs is 1. The number of rotatable bonds is 23. The number of nitrogens with two attached hydrogens (primary N) is 3. The van der Waals surface area contributed by atoms with Gasteiger partial charge in [0.1, 0.15) is 17.2 Å². The standard InChI is InChI=1S/C24H31N5O3.C24H25N3O3.C23H24N4O3S/c1-16(25)19-6-4-5-18(13-19)14-21(24(31)32-3)17(2)28-23(30)20-7-8-22(27-15-20)29-11-9-26-10-12-29;1-15(25)18-7-4-6-17(12-18)13-21(24(29)30-3)16(2)27-23(28)20-9-10-22-19(14-20)8-5-11-26-22;1-14(24)19-6-4-5-16(11-19)12-20(23(29)30-3)15(2)27-21(28)17-7-9-18(10-8-17)22-25-13-26-31-22/h4-8,13,15,17,21,26H,1,9-12,14,25H2,2-3H3,(H,28,30);4-12,14,16,21H,1,13,25H2,2-3H3,(H,27,28);4-11,13,15,20H,1,12,24H2,2-3H3,(H,27,28). The summed E-state index contributed by atoms with van der Waals surface area (Å²) in [4.78, 5) is 90.8. The Kier molecular flexibility index (Phi) is 25.6. The number of carbonyl (C=O) groups excluding carboxylic acids is 6. The molecule has 0 spiro atoms. The first kappa shape index (κ1) is 69.9. The van der Waals surface area contributed by atoms with Crippen LogP contribution in [0.4, 0.5) is 5.82 Å². The van der Waals surface area contributed by atoms with E-state index >= 15 is 0 Å². The smallest absolute Gasteiger partial charge is 0.311 e. The van der Waals surface area contributed by atoms with Crippen molar-refractivity contribution in [2.75, 3.05) is 52.4 Å². The molecule has 21 nitrogen and oxygen atoms in total. The highest BCUT2D eigenvalue weighted by atomic mass is 32.1. The van der Waals surface area contributed by atoms with E-state index in [0.29, 0.717) is 53.0 Å². The van der Waals surface area contributed by atoms with Crippen molar-refractivity contribution in [3.63, 3.8) is 0 Å². The summed E-state index contributed by atoms with van der Waals surface area (Å²) in [6, 6.07) is 41.0. The highest BCUT2D eigenvalue weighted by Gasteiger charge is 2.31. The molecule has 1 saturated heterocycles. The lowest BCUT2D eigenvalue weighted by Crippen LogP contribution is -2.44. The van der Waals surface area contributed by atoms with Crippen molar-refractivity contribution in [2.45, 2.75) is 58.2 Å². The molecule has 4 heterocycles. The molecule has 1 aliphatic rings. The van der Waals surface area contributed by atoms with Crippen molar-refractivity contribution in [2.24, 2.45) is 35.0 Å². The number of carbonyl (C=O) groups is 6. The highest BCUT2D eigenvalue weighted by molar-refractivity contribution is 7.09. The zero-order valence-corrected chi connectivity index (χ0v) is 53.9. The Balaban J connectivity index is 0.000000198. The second-order valence-corrected chi connectivity index (χ2v) is 23.1. The van der Waals surface area contributed by atoms with Gasteiger partial charge in [-0.2, -0.15) is 4.37 Å². The maximum Gasteiger partial charge on any atom is 0.311 e. The molecule has 6 atom stereocenters. The Morgan fingerprint density at radius 1 is 0.527 bits per heavy atom. The van der Waals surface area contributed by atoms with Gasteiger partial charge in [-0.15, -0.1) is 0 Å². The molecule has 5 aromatic carbocycles. The summed E-state index contributed by atoms with van der Waals surface area (Å²) in [5.41, 5.74) is 27.0. The third-order valence-electron chi connectivity index (χ3n) is 15.7. The van der Waals surface area contributed by atoms with E-state index in [0.717, 1.165) is 86.9 Å². The van der Waals surface area contributed by atoms with Crippen LogP contribution in [0.2, 0.25) is 0 Å². The van der Waals surface area contributed by atoms with E-state index in [-0.39, 0.29) is 29.7 Å². The summed E-state index contributed by atoms with van der Waals surface area (Å²) in [6.07, 6.45) is 5.97. The predicted molar refractivity (Wildman–Crippen MR) is 364 cm³/mol. The molecule has 3 amide bonds. The number of piperazine rings is 1. The van der Waals surface area contributed by atoms with E-state index in [1.165, 1.54) is 39.2 Å². The minimum Gasteiger partial charge on any atom is -0.469 e. The zero-order valence-electron chi connectivity index (χ0n) is 53.1. The summed E-state index contributed by atoms with van der Waals surface area (Å²) < 4.78 is 19.0. The van der Waals surface area contributed by atoms with E-state index in [4.69, 9.17) is 31.4 Å². The molecule has 1 aliphatic heterocycles. The Hall–Kier alpha value is -10.6. The van der Waals surface area contributed by atoms with Crippen LogP contribution in [0.5, 0.6) is 0 Å². The monoisotopic (exact) mass is 1280 g/mol. The molecule has 6 unspecified atom stereocenters. The summed E-state index contributed by atoms with van der Waals surface area (Å²) >= 11 is 1.29. The molecule has 0 bridgehead atoms. The second-order valence-electron chi connectivity index (χ2n) is 22.3. The molecule has 0 saturated carbocycles. The van der Waals surface area contributed by atoms with Crippen LogP contribution in [0.25, 0.3) is 38.6 Å². The van der Waals surface area contributed by atoms with Crippen LogP contribution >= 0.6 is 11.5 Å². The minimum atomic E-state index is -0.559. The van der Waals surface area contributed by atoms with E-state index in [1.807, 2.05) is 103 Å². The second kappa shape index (κ2) is 34.0. The number of amides is 3. The molecular formula is C71H80N12O9S. The zero-order chi connectivity index (χ0) is 67.1. The van der Waals surface area contributed by atoms with Crippen molar-refractivity contribution in [1.29, 1.82) is 0 Å². The quantitative estimate of drug-likeness (QED) is 0.0234. The number of esters is 3. The third kappa shape index (κ3) is 20.0. The summed E-state index contributed by atoms with van der Waals surface area (Å²) in [5.74, 6) is -2.79. The van der Waals surface area contributed by atoms with Gasteiger partial charge in [-0.3, -0.25) is 33.8 Å². The highest BCUT2D eigenvalue weighted by Crippen LogP contribution is 2.24. The number of nitrogens with zero attached hydrogens (tertiary/aromatic N) is 5. The molecular weight excluding hydrogens is 1200 g/mol. The maximum absolute atomic E-state index is 12.8. The largest absolute Gasteiger partial charge is 0.469 e. The molecule has 22 heteroatoms. The topological polar surface area (TPSA) is 311 Å². The number of aromatic nitrogens is 4. The van der Waals surface area contributed by atoms with E-state index in [1.54, 1.807) is 69.6 Å². The molecule has 8 aromatic rings. The SMILES string of the molecule is C=C(N)c1cccc(CC(C(=O)OC)C(C)NC(=O)c2ccc(-c3ncns3)cc2)c1.C=C(N)c1cccc(CC(C(=O)OC)C(C)NC(=O)c2ccc(N3CCNCC3)nc2)c1.C=C(N)c1cccc(CC(C(=O)OC)C(C)NC(=O)c2ccc3ncccc3c2)c1. The van der Waals surface area contributed by atoms with Crippen LogP contribution in [0.1, 0.15) is 85.2 Å². The van der Waals surface area contributed by atoms with Gasteiger partial charge in [-0.05, 0) is 152 Å². The molecule has 3 aromatic heterocycles. The van der Waals surface area contributed by atoms with Gasteiger partial charge in [0.05, 0.1) is 50.2 Å². The first-order chi connectivity index (χ1) is 44.7.